The largest absolute Gasteiger partial charge is 0.454 e. The Bertz CT molecular complexity index is 1360. The molecular weight excluding hydrogens is 426 g/mol. The quantitative estimate of drug-likeness (QED) is 0.326. The summed E-state index contributed by atoms with van der Waals surface area (Å²) in [5.74, 6) is 2.41. The average Bonchev–Trinajstić information content (AvgIpc) is 3.45. The maximum atomic E-state index is 13.0. The van der Waals surface area contributed by atoms with Gasteiger partial charge in [0.2, 0.25) is 11.9 Å². The van der Waals surface area contributed by atoms with Gasteiger partial charge in [0.05, 0.1) is 5.75 Å². The first-order valence-electron chi connectivity index (χ1n) is 10.3. The van der Waals surface area contributed by atoms with Crippen LogP contribution in [0.3, 0.4) is 0 Å². The third-order valence-corrected chi connectivity index (χ3v) is 6.42. The lowest BCUT2D eigenvalue weighted by Crippen LogP contribution is -2.07. The zero-order valence-corrected chi connectivity index (χ0v) is 19.2. The van der Waals surface area contributed by atoms with Crippen molar-refractivity contribution in [2.45, 2.75) is 39.4 Å². The van der Waals surface area contributed by atoms with E-state index in [0.717, 1.165) is 45.4 Å². The van der Waals surface area contributed by atoms with Crippen LogP contribution in [0.1, 0.15) is 38.7 Å². The second-order valence-electron chi connectivity index (χ2n) is 7.92. The third kappa shape index (κ3) is 3.73. The molecule has 0 spiro atoms. The number of carbonyl (C=O) groups excluding carboxylic acids is 1. The Morgan fingerprint density at radius 2 is 1.84 bits per heavy atom. The summed E-state index contributed by atoms with van der Waals surface area (Å²) >= 11 is 1.33. The SMILES string of the molecule is Cc1cc(C)n2nc(SCC(=O)c3cc(C)n(Cc4ccc5c(c4)OCO5)c3C)nc2n1. The van der Waals surface area contributed by atoms with Crippen molar-refractivity contribution >= 4 is 23.3 Å². The van der Waals surface area contributed by atoms with Gasteiger partial charge in [-0.25, -0.2) is 9.50 Å². The molecule has 0 atom stereocenters. The van der Waals surface area contributed by atoms with Crippen LogP contribution in [-0.4, -0.2) is 42.5 Å². The van der Waals surface area contributed by atoms with E-state index in [0.29, 0.717) is 17.5 Å². The number of hydrogen-bond donors (Lipinski definition) is 0. The van der Waals surface area contributed by atoms with Crippen LogP contribution in [-0.2, 0) is 6.54 Å². The minimum atomic E-state index is 0.0553. The fourth-order valence-corrected chi connectivity index (χ4v) is 4.67. The van der Waals surface area contributed by atoms with Crippen LogP contribution >= 0.6 is 11.8 Å². The van der Waals surface area contributed by atoms with E-state index in [-0.39, 0.29) is 18.3 Å². The Morgan fingerprint density at radius 3 is 2.69 bits per heavy atom. The molecular formula is C23H23N5O3S. The molecule has 0 N–H and O–H groups in total. The minimum absolute atomic E-state index is 0.0553. The zero-order valence-electron chi connectivity index (χ0n) is 18.4. The van der Waals surface area contributed by atoms with Gasteiger partial charge < -0.3 is 14.0 Å². The lowest BCUT2D eigenvalue weighted by Gasteiger charge is -2.10. The predicted molar refractivity (Wildman–Crippen MR) is 121 cm³/mol. The van der Waals surface area contributed by atoms with Crippen LogP contribution in [0.2, 0.25) is 0 Å². The molecule has 8 nitrogen and oxygen atoms in total. The molecule has 0 amide bonds. The summed E-state index contributed by atoms with van der Waals surface area (Å²) in [7, 11) is 0. The highest BCUT2D eigenvalue weighted by Gasteiger charge is 2.19. The summed E-state index contributed by atoms with van der Waals surface area (Å²) in [5.41, 5.74) is 5.66. The van der Waals surface area contributed by atoms with Crippen LogP contribution in [0.4, 0.5) is 0 Å². The molecule has 0 bridgehead atoms. The zero-order chi connectivity index (χ0) is 22.4. The number of thioether (sulfide) groups is 1. The minimum Gasteiger partial charge on any atom is -0.454 e. The summed E-state index contributed by atoms with van der Waals surface area (Å²) in [6.07, 6.45) is 0. The van der Waals surface area contributed by atoms with Crippen LogP contribution in [0.25, 0.3) is 5.78 Å². The Labute approximate surface area is 189 Å². The molecule has 32 heavy (non-hydrogen) atoms. The highest BCUT2D eigenvalue weighted by molar-refractivity contribution is 7.99. The first-order valence-corrected chi connectivity index (χ1v) is 11.3. The molecule has 164 valence electrons. The second kappa shape index (κ2) is 7.98. The van der Waals surface area contributed by atoms with Gasteiger partial charge in [-0.2, -0.15) is 4.98 Å². The van der Waals surface area contributed by atoms with Gasteiger partial charge in [-0.05, 0) is 57.5 Å². The number of rotatable bonds is 6. The lowest BCUT2D eigenvalue weighted by molar-refractivity contribution is 0.102. The maximum absolute atomic E-state index is 13.0. The first kappa shape index (κ1) is 20.6. The molecule has 0 aliphatic carbocycles. The molecule has 4 heterocycles. The summed E-state index contributed by atoms with van der Waals surface area (Å²) in [4.78, 5) is 21.9. The van der Waals surface area contributed by atoms with Crippen molar-refractivity contribution < 1.29 is 14.3 Å². The number of ether oxygens (including phenoxy) is 2. The topological polar surface area (TPSA) is 83.5 Å². The van der Waals surface area contributed by atoms with Gasteiger partial charge in [0, 0.05) is 34.9 Å². The summed E-state index contributed by atoms with van der Waals surface area (Å²) in [6.45, 7) is 8.81. The lowest BCUT2D eigenvalue weighted by atomic mass is 10.1. The number of benzene rings is 1. The fraction of sp³-hybridized carbons (Fsp3) is 0.304. The summed E-state index contributed by atoms with van der Waals surface area (Å²) in [5, 5.41) is 5.02. The number of Topliss-reactive ketones (excluding diaryl/α,β-unsaturated/α-hetero) is 1. The van der Waals surface area contributed by atoms with Gasteiger partial charge in [-0.1, -0.05) is 17.8 Å². The number of hydrogen-bond acceptors (Lipinski definition) is 7. The van der Waals surface area contributed by atoms with Gasteiger partial charge in [0.25, 0.3) is 5.78 Å². The monoisotopic (exact) mass is 449 g/mol. The molecule has 0 radical (unpaired) electrons. The molecule has 1 aromatic carbocycles. The van der Waals surface area contributed by atoms with Crippen molar-refractivity contribution in [3.63, 3.8) is 0 Å². The molecule has 0 saturated carbocycles. The normalized spacial score (nSPS) is 12.6. The van der Waals surface area contributed by atoms with E-state index in [1.54, 1.807) is 4.52 Å². The predicted octanol–water partition coefficient (Wildman–Crippen LogP) is 3.91. The molecule has 9 heteroatoms. The highest BCUT2D eigenvalue weighted by Crippen LogP contribution is 2.33. The van der Waals surface area contributed by atoms with Crippen molar-refractivity contribution in [2.24, 2.45) is 0 Å². The number of fused-ring (bicyclic) bond motifs is 2. The Morgan fingerprint density at radius 1 is 1.03 bits per heavy atom. The summed E-state index contributed by atoms with van der Waals surface area (Å²) in [6, 6.07) is 9.85. The van der Waals surface area contributed by atoms with E-state index >= 15 is 0 Å². The van der Waals surface area contributed by atoms with Crippen LogP contribution in [0.15, 0.2) is 35.5 Å². The standard InChI is InChI=1S/C23H23N5O3S/c1-13-7-15(3)28-22(24-13)25-23(26-28)32-11-19(29)18-8-14(2)27(16(18)4)10-17-5-6-20-21(9-17)31-12-30-20/h5-9H,10-12H2,1-4H3. The van der Waals surface area contributed by atoms with Gasteiger partial charge in [-0.15, -0.1) is 5.10 Å². The number of aromatic nitrogens is 5. The Kier molecular flexibility index (Phi) is 5.13. The number of ketones is 1. The first-order chi connectivity index (χ1) is 15.4. The van der Waals surface area contributed by atoms with Crippen molar-refractivity contribution in [3.8, 4) is 11.5 Å². The van der Waals surface area contributed by atoms with Gasteiger partial charge in [-0.3, -0.25) is 4.79 Å². The molecule has 1 aliphatic heterocycles. The maximum Gasteiger partial charge on any atom is 0.253 e. The average molecular weight is 450 g/mol. The van der Waals surface area contributed by atoms with Crippen molar-refractivity contribution in [2.75, 3.05) is 12.5 Å². The van der Waals surface area contributed by atoms with Crippen LogP contribution in [0.5, 0.6) is 11.5 Å². The number of nitrogens with zero attached hydrogens (tertiary/aromatic N) is 5. The highest BCUT2D eigenvalue weighted by atomic mass is 32.2. The molecule has 1 aliphatic rings. The molecule has 3 aromatic heterocycles. The van der Waals surface area contributed by atoms with E-state index in [1.165, 1.54) is 11.8 Å². The van der Waals surface area contributed by atoms with Gasteiger partial charge in [0.1, 0.15) is 0 Å². The van der Waals surface area contributed by atoms with E-state index < -0.39 is 0 Å². The van der Waals surface area contributed by atoms with E-state index in [1.807, 2.05) is 58.0 Å². The molecule has 4 aromatic rings. The molecule has 0 fully saturated rings. The summed E-state index contributed by atoms with van der Waals surface area (Å²) < 4.78 is 14.7. The van der Waals surface area contributed by atoms with Crippen molar-refractivity contribution in [3.05, 3.63) is 64.2 Å². The van der Waals surface area contributed by atoms with Crippen LogP contribution in [0, 0.1) is 27.7 Å². The fourth-order valence-electron chi connectivity index (χ4n) is 3.97. The van der Waals surface area contributed by atoms with Crippen LogP contribution < -0.4 is 9.47 Å². The van der Waals surface area contributed by atoms with E-state index in [9.17, 15) is 4.79 Å². The smallest absolute Gasteiger partial charge is 0.253 e. The molecule has 5 rings (SSSR count). The number of aryl methyl sites for hydroxylation is 3. The van der Waals surface area contributed by atoms with Gasteiger partial charge >= 0.3 is 0 Å². The number of carbonyl (C=O) groups is 1. The van der Waals surface area contributed by atoms with Gasteiger partial charge in [0.15, 0.2) is 17.3 Å². The van der Waals surface area contributed by atoms with E-state index in [4.69, 9.17) is 9.47 Å². The van der Waals surface area contributed by atoms with Crippen molar-refractivity contribution in [1.29, 1.82) is 0 Å². The Hall–Kier alpha value is -3.33. The Balaban J connectivity index is 1.32. The van der Waals surface area contributed by atoms with E-state index in [2.05, 4.69) is 19.6 Å². The molecule has 0 unspecified atom stereocenters. The van der Waals surface area contributed by atoms with Crippen molar-refractivity contribution in [1.82, 2.24) is 24.1 Å². The molecule has 0 saturated heterocycles. The third-order valence-electron chi connectivity index (χ3n) is 5.58. The second-order valence-corrected chi connectivity index (χ2v) is 8.86.